The number of hydrogen-bond acceptors (Lipinski definition) is 8. The molecule has 0 unspecified atom stereocenters. The summed E-state index contributed by atoms with van der Waals surface area (Å²) in [6.45, 7) is 10.1. The summed E-state index contributed by atoms with van der Waals surface area (Å²) in [6.07, 6.45) is 9.90. The first-order valence-electron chi connectivity index (χ1n) is 18.9. The quantitative estimate of drug-likeness (QED) is 0.0663. The van der Waals surface area contributed by atoms with Gasteiger partial charge >= 0.3 is 18.5 Å². The van der Waals surface area contributed by atoms with Crippen LogP contribution in [0, 0.1) is 17.9 Å². The van der Waals surface area contributed by atoms with Crippen molar-refractivity contribution >= 4 is 57.6 Å². The van der Waals surface area contributed by atoms with Crippen molar-refractivity contribution in [1.82, 2.24) is 0 Å². The Bertz CT molecular complexity index is 2450. The molecule has 0 bridgehead atoms. The van der Waals surface area contributed by atoms with E-state index >= 15 is 0 Å². The summed E-state index contributed by atoms with van der Waals surface area (Å²) in [7, 11) is 0. The predicted octanol–water partition coefficient (Wildman–Crippen LogP) is 9.97. The van der Waals surface area contributed by atoms with Gasteiger partial charge in [0.2, 0.25) is 0 Å². The van der Waals surface area contributed by atoms with Crippen molar-refractivity contribution in [2.75, 3.05) is 42.5 Å². The second-order valence-electron chi connectivity index (χ2n) is 13.8. The zero-order valence-corrected chi connectivity index (χ0v) is 31.4. The van der Waals surface area contributed by atoms with E-state index in [1.807, 2.05) is 30.3 Å². The molecule has 2 fully saturated rings. The van der Waals surface area contributed by atoms with E-state index in [9.17, 15) is 14.4 Å². The Kier molecular flexibility index (Phi) is 13.2. The fourth-order valence-electron chi connectivity index (χ4n) is 6.90. The number of hydrogen-bond donors (Lipinski definition) is 2. The Labute approximate surface area is 330 Å². The highest BCUT2D eigenvalue weighted by Crippen LogP contribution is 2.32. The largest absolute Gasteiger partial charge is 0.477 e. The standard InChI is InChI=1S/C23H20N2O3.C20H19NO2.C3H3NO2/c24-15-19(23(26)27)12-16-4-5-18-14-22(28-21(18)13-16)17-6-8-20(9-7-17)25-10-2-1-3-11-25;22-14-15-4-5-17-13-20(23-19(17)12-15)16-6-8-18(9-7-16)21-10-2-1-3-11-21;1-4-2-3(5)6/h4-9,12-14H,1-3,10-11H2,(H,26,27);4-9,12-14H,1-3,10-11H2;2H2,(H,5,6). The van der Waals surface area contributed by atoms with Gasteiger partial charge in [0.15, 0.2) is 0 Å². The molecule has 2 aliphatic heterocycles. The molecule has 8 rings (SSSR count). The number of benzene rings is 4. The van der Waals surface area contributed by atoms with Crippen LogP contribution in [0.3, 0.4) is 0 Å². The molecular formula is C46H42N4O7. The first-order chi connectivity index (χ1) is 27.7. The average Bonchev–Trinajstić information content (AvgIpc) is 3.88. The van der Waals surface area contributed by atoms with Gasteiger partial charge in [-0.1, -0.05) is 24.3 Å². The van der Waals surface area contributed by atoms with Crippen LogP contribution in [-0.2, 0) is 9.59 Å². The number of aldehydes is 1. The molecule has 6 aromatic rings. The molecule has 0 spiro atoms. The second kappa shape index (κ2) is 19.0. The number of nitriles is 1. The summed E-state index contributed by atoms with van der Waals surface area (Å²) < 4.78 is 11.9. The summed E-state index contributed by atoms with van der Waals surface area (Å²) in [4.78, 5) is 38.7. The van der Waals surface area contributed by atoms with E-state index in [1.54, 1.807) is 24.3 Å². The number of rotatable bonds is 8. The number of carboxylic acids is 2. The van der Waals surface area contributed by atoms with E-state index in [2.05, 4.69) is 63.2 Å². The molecule has 11 heteroatoms. The molecule has 2 saturated heterocycles. The maximum atomic E-state index is 11.0. The number of carbonyl (C=O) groups excluding carboxylic acids is 1. The van der Waals surface area contributed by atoms with Gasteiger partial charge in [-0.3, -0.25) is 4.79 Å². The van der Waals surface area contributed by atoms with Gasteiger partial charge in [-0.05, 0) is 123 Å². The van der Waals surface area contributed by atoms with E-state index in [0.29, 0.717) is 16.7 Å². The van der Waals surface area contributed by atoms with Gasteiger partial charge in [0, 0.05) is 65.0 Å². The Morgan fingerprint density at radius 2 is 1.14 bits per heavy atom. The van der Waals surface area contributed by atoms with Crippen LogP contribution >= 0.6 is 0 Å². The van der Waals surface area contributed by atoms with Crippen molar-refractivity contribution in [2.45, 2.75) is 38.5 Å². The summed E-state index contributed by atoms with van der Waals surface area (Å²) >= 11 is 0. The molecule has 0 saturated carbocycles. The van der Waals surface area contributed by atoms with Gasteiger partial charge in [-0.25, -0.2) is 16.2 Å². The molecule has 2 aliphatic rings. The minimum Gasteiger partial charge on any atom is -0.477 e. The Balaban J connectivity index is 0.000000171. The smallest absolute Gasteiger partial charge is 0.384 e. The fourth-order valence-corrected chi connectivity index (χ4v) is 6.90. The summed E-state index contributed by atoms with van der Waals surface area (Å²) in [6, 6.07) is 33.6. The lowest BCUT2D eigenvalue weighted by atomic mass is 10.1. The Morgan fingerprint density at radius 1 is 0.684 bits per heavy atom. The molecule has 0 atom stereocenters. The molecule has 0 radical (unpaired) electrons. The molecule has 4 aromatic carbocycles. The number of carbonyl (C=O) groups is 3. The normalized spacial score (nSPS) is 14.0. The van der Waals surface area contributed by atoms with Crippen LogP contribution in [0.1, 0.15) is 54.4 Å². The lowest BCUT2D eigenvalue weighted by molar-refractivity contribution is -0.135. The lowest BCUT2D eigenvalue weighted by Gasteiger charge is -2.28. The van der Waals surface area contributed by atoms with Gasteiger partial charge in [0.05, 0.1) is 0 Å². The maximum Gasteiger partial charge on any atom is 0.384 e. The third kappa shape index (κ3) is 10.4. The number of aliphatic carboxylic acids is 2. The molecule has 2 N–H and O–H groups in total. The van der Waals surface area contributed by atoms with E-state index in [1.165, 1.54) is 56.0 Å². The molecule has 11 nitrogen and oxygen atoms in total. The van der Waals surface area contributed by atoms with Crippen molar-refractivity contribution < 1.29 is 33.4 Å². The molecular weight excluding hydrogens is 721 g/mol. The number of furan rings is 2. The van der Waals surface area contributed by atoms with Gasteiger partial charge in [-0.15, -0.1) is 0 Å². The van der Waals surface area contributed by atoms with Crippen LogP contribution in [0.4, 0.5) is 11.4 Å². The molecule has 2 aromatic heterocycles. The van der Waals surface area contributed by atoms with E-state index < -0.39 is 18.5 Å². The van der Waals surface area contributed by atoms with Crippen LogP contribution in [0.15, 0.2) is 111 Å². The predicted molar refractivity (Wildman–Crippen MR) is 221 cm³/mol. The minimum atomic E-state index is -1.24. The third-order valence-electron chi connectivity index (χ3n) is 9.85. The molecule has 0 amide bonds. The van der Waals surface area contributed by atoms with Gasteiger partial charge < -0.3 is 33.7 Å². The Hall–Kier alpha value is -7.11. The SMILES string of the molecule is N#CC(=Cc1ccc2cc(-c3ccc(N4CCCCC4)cc3)oc2c1)C(=O)O.O=Cc1ccc2cc(-c3ccc(N4CCCCC4)cc3)oc2c1.[C-]#[N+]CC(=O)O. The van der Waals surface area contributed by atoms with E-state index in [-0.39, 0.29) is 5.57 Å². The van der Waals surface area contributed by atoms with E-state index in [0.717, 1.165) is 71.5 Å². The van der Waals surface area contributed by atoms with Crippen molar-refractivity contribution in [2.24, 2.45) is 0 Å². The molecule has 288 valence electrons. The van der Waals surface area contributed by atoms with Crippen LogP contribution in [0.5, 0.6) is 0 Å². The average molecular weight is 763 g/mol. The molecule has 57 heavy (non-hydrogen) atoms. The molecule has 4 heterocycles. The van der Waals surface area contributed by atoms with Crippen molar-refractivity contribution in [3.63, 3.8) is 0 Å². The van der Waals surface area contributed by atoms with Crippen molar-refractivity contribution in [3.05, 3.63) is 125 Å². The third-order valence-corrected chi connectivity index (χ3v) is 9.85. The van der Waals surface area contributed by atoms with Gasteiger partial charge in [-0.2, -0.15) is 5.26 Å². The monoisotopic (exact) mass is 762 g/mol. The minimum absolute atomic E-state index is 0.306. The van der Waals surface area contributed by atoms with Gasteiger partial charge in [0.1, 0.15) is 40.6 Å². The highest BCUT2D eigenvalue weighted by atomic mass is 16.4. The van der Waals surface area contributed by atoms with Gasteiger partial charge in [0.25, 0.3) is 0 Å². The zero-order valence-electron chi connectivity index (χ0n) is 31.4. The highest BCUT2D eigenvalue weighted by molar-refractivity contribution is 5.97. The van der Waals surface area contributed by atoms with Crippen LogP contribution in [-0.4, -0.2) is 61.2 Å². The molecule has 0 aliphatic carbocycles. The number of piperidine rings is 2. The fraction of sp³-hybridized carbons (Fsp3) is 0.239. The number of nitrogens with zero attached hydrogens (tertiary/aromatic N) is 4. The topological polar surface area (TPSA) is 153 Å². The first-order valence-corrected chi connectivity index (χ1v) is 18.9. The zero-order chi connectivity index (χ0) is 40.1. The lowest BCUT2D eigenvalue weighted by Crippen LogP contribution is -2.29. The van der Waals surface area contributed by atoms with Crippen LogP contribution < -0.4 is 9.80 Å². The van der Waals surface area contributed by atoms with Crippen LogP contribution in [0.25, 0.3) is 55.5 Å². The Morgan fingerprint density at radius 3 is 1.53 bits per heavy atom. The summed E-state index contributed by atoms with van der Waals surface area (Å²) in [5.74, 6) is -0.699. The first kappa shape index (κ1) is 39.6. The number of anilines is 2. The van der Waals surface area contributed by atoms with Crippen LogP contribution in [0.2, 0.25) is 0 Å². The second-order valence-corrected chi connectivity index (χ2v) is 13.8. The maximum absolute atomic E-state index is 11.0. The van der Waals surface area contributed by atoms with E-state index in [4.69, 9.17) is 30.9 Å². The number of carboxylic acid groups (broad SMARTS) is 2. The number of fused-ring (bicyclic) bond motifs is 2. The summed E-state index contributed by atoms with van der Waals surface area (Å²) in [5, 5.41) is 27.6. The van der Waals surface area contributed by atoms with Crippen molar-refractivity contribution in [3.8, 4) is 28.7 Å². The highest BCUT2D eigenvalue weighted by Gasteiger charge is 2.14. The summed E-state index contributed by atoms with van der Waals surface area (Å²) in [5.41, 5.74) is 6.95. The van der Waals surface area contributed by atoms with Crippen molar-refractivity contribution in [1.29, 1.82) is 5.26 Å².